The van der Waals surface area contributed by atoms with E-state index in [9.17, 15) is 4.39 Å². The van der Waals surface area contributed by atoms with Crippen molar-refractivity contribution in [2.75, 3.05) is 23.7 Å². The number of nitrogen functional groups attached to an aromatic ring is 1. The van der Waals surface area contributed by atoms with Crippen LogP contribution in [-0.2, 0) is 0 Å². The van der Waals surface area contributed by atoms with Gasteiger partial charge in [-0.25, -0.2) is 9.37 Å². The summed E-state index contributed by atoms with van der Waals surface area (Å²) in [5.74, 6) is 1.06. The highest BCUT2D eigenvalue weighted by molar-refractivity contribution is 5.37. The van der Waals surface area contributed by atoms with Crippen molar-refractivity contribution in [3.63, 3.8) is 0 Å². The molecule has 0 unspecified atom stereocenters. The number of aromatic nitrogens is 2. The number of anilines is 2. The first-order valence-electron chi connectivity index (χ1n) is 4.73. The summed E-state index contributed by atoms with van der Waals surface area (Å²) < 4.78 is 12.9. The van der Waals surface area contributed by atoms with Crippen LogP contribution in [0.2, 0.25) is 0 Å². The molecule has 0 saturated carbocycles. The topological polar surface area (TPSA) is 55.0 Å². The molecule has 0 aliphatic carbocycles. The molecule has 1 aliphatic rings. The van der Waals surface area contributed by atoms with Crippen LogP contribution in [0.4, 0.5) is 16.2 Å². The average Bonchev–Trinajstić information content (AvgIpc) is 2.19. The Labute approximate surface area is 82.0 Å². The molecule has 14 heavy (non-hydrogen) atoms. The van der Waals surface area contributed by atoms with Crippen molar-refractivity contribution in [3.05, 3.63) is 12.3 Å². The molecule has 2 N–H and O–H groups in total. The van der Waals surface area contributed by atoms with Gasteiger partial charge in [0, 0.05) is 19.3 Å². The van der Waals surface area contributed by atoms with Crippen molar-refractivity contribution in [2.24, 2.45) is 0 Å². The Hall–Kier alpha value is -1.39. The molecule has 1 aromatic heterocycles. The van der Waals surface area contributed by atoms with Crippen LogP contribution in [-0.4, -0.2) is 29.2 Å². The maximum absolute atomic E-state index is 12.9. The third kappa shape index (κ3) is 1.92. The van der Waals surface area contributed by atoms with E-state index in [1.807, 2.05) is 4.90 Å². The molecule has 0 aromatic carbocycles. The minimum Gasteiger partial charge on any atom is -0.384 e. The van der Waals surface area contributed by atoms with Crippen LogP contribution in [0.1, 0.15) is 12.8 Å². The molecule has 2 rings (SSSR count). The maximum Gasteiger partial charge on any atom is 0.227 e. The van der Waals surface area contributed by atoms with Crippen molar-refractivity contribution >= 4 is 11.8 Å². The van der Waals surface area contributed by atoms with Gasteiger partial charge in [-0.3, -0.25) is 0 Å². The smallest absolute Gasteiger partial charge is 0.227 e. The summed E-state index contributed by atoms with van der Waals surface area (Å²) >= 11 is 0. The summed E-state index contributed by atoms with van der Waals surface area (Å²) in [4.78, 5) is 10.2. The molecular formula is C9H13FN4. The Morgan fingerprint density at radius 1 is 1.43 bits per heavy atom. The predicted molar refractivity (Wildman–Crippen MR) is 52.8 cm³/mol. The molecule has 1 fully saturated rings. The summed E-state index contributed by atoms with van der Waals surface area (Å²) in [6.07, 6.45) is 2.06. The predicted octanol–water partition coefficient (Wildman–Crippen LogP) is 0.997. The first-order chi connectivity index (χ1) is 6.75. The van der Waals surface area contributed by atoms with Gasteiger partial charge in [-0.2, -0.15) is 4.98 Å². The van der Waals surface area contributed by atoms with Gasteiger partial charge < -0.3 is 10.6 Å². The average molecular weight is 196 g/mol. The number of halogens is 1. The van der Waals surface area contributed by atoms with Gasteiger partial charge in [0.25, 0.3) is 0 Å². The van der Waals surface area contributed by atoms with E-state index in [1.165, 1.54) is 0 Å². The highest BCUT2D eigenvalue weighted by atomic mass is 19.1. The van der Waals surface area contributed by atoms with Gasteiger partial charge in [0.2, 0.25) is 5.95 Å². The molecule has 0 bridgehead atoms. The molecule has 0 atom stereocenters. The lowest BCUT2D eigenvalue weighted by molar-refractivity contribution is 0.276. The van der Waals surface area contributed by atoms with E-state index in [1.54, 1.807) is 12.3 Å². The Bertz CT molecular complexity index is 309. The second-order valence-electron chi connectivity index (χ2n) is 3.44. The second kappa shape index (κ2) is 3.77. The van der Waals surface area contributed by atoms with E-state index in [-0.39, 0.29) is 0 Å². The van der Waals surface area contributed by atoms with Crippen LogP contribution in [0.15, 0.2) is 12.3 Å². The maximum atomic E-state index is 12.9. The zero-order chi connectivity index (χ0) is 9.97. The van der Waals surface area contributed by atoms with Crippen LogP contribution in [0.5, 0.6) is 0 Å². The van der Waals surface area contributed by atoms with Crippen molar-refractivity contribution in [1.82, 2.24) is 9.97 Å². The molecule has 0 spiro atoms. The van der Waals surface area contributed by atoms with Crippen molar-refractivity contribution < 1.29 is 4.39 Å². The largest absolute Gasteiger partial charge is 0.384 e. The molecule has 1 aliphatic heterocycles. The number of hydrogen-bond donors (Lipinski definition) is 1. The quantitative estimate of drug-likeness (QED) is 0.728. The zero-order valence-corrected chi connectivity index (χ0v) is 7.86. The SMILES string of the molecule is Nc1ccnc(N2CCC(F)CC2)n1. The fraction of sp³-hybridized carbons (Fsp3) is 0.556. The number of alkyl halides is 1. The Morgan fingerprint density at radius 3 is 2.79 bits per heavy atom. The zero-order valence-electron chi connectivity index (χ0n) is 7.86. The molecule has 4 nitrogen and oxygen atoms in total. The third-order valence-electron chi connectivity index (χ3n) is 2.37. The molecule has 0 radical (unpaired) electrons. The lowest BCUT2D eigenvalue weighted by atomic mass is 10.1. The standard InChI is InChI=1S/C9H13FN4/c10-7-2-5-14(6-3-7)9-12-4-1-8(11)13-9/h1,4,7H,2-3,5-6H2,(H2,11,12,13). The molecule has 1 aromatic rings. The van der Waals surface area contributed by atoms with Gasteiger partial charge in [-0.15, -0.1) is 0 Å². The normalized spacial score (nSPS) is 18.5. The number of nitrogens with zero attached hydrogens (tertiary/aromatic N) is 3. The van der Waals surface area contributed by atoms with Crippen LogP contribution >= 0.6 is 0 Å². The van der Waals surface area contributed by atoms with Crippen LogP contribution < -0.4 is 10.6 Å². The van der Waals surface area contributed by atoms with E-state index in [0.29, 0.717) is 37.7 Å². The Kier molecular flexibility index (Phi) is 2.47. The van der Waals surface area contributed by atoms with Gasteiger partial charge >= 0.3 is 0 Å². The van der Waals surface area contributed by atoms with Gasteiger partial charge in [0.15, 0.2) is 0 Å². The summed E-state index contributed by atoms with van der Waals surface area (Å²) in [5, 5.41) is 0. The lowest BCUT2D eigenvalue weighted by Crippen LogP contribution is -2.35. The number of hydrogen-bond acceptors (Lipinski definition) is 4. The highest BCUT2D eigenvalue weighted by Gasteiger charge is 2.19. The highest BCUT2D eigenvalue weighted by Crippen LogP contribution is 2.17. The van der Waals surface area contributed by atoms with Gasteiger partial charge in [0.05, 0.1) is 0 Å². The van der Waals surface area contributed by atoms with Gasteiger partial charge in [0.1, 0.15) is 12.0 Å². The van der Waals surface area contributed by atoms with Crippen molar-refractivity contribution in [3.8, 4) is 0 Å². The lowest BCUT2D eigenvalue weighted by Gasteiger charge is -2.28. The minimum absolute atomic E-state index is 0.456. The van der Waals surface area contributed by atoms with E-state index >= 15 is 0 Å². The summed E-state index contributed by atoms with van der Waals surface area (Å²) in [5.41, 5.74) is 5.54. The van der Waals surface area contributed by atoms with Crippen LogP contribution in [0.25, 0.3) is 0 Å². The third-order valence-corrected chi connectivity index (χ3v) is 2.37. The summed E-state index contributed by atoms with van der Waals surface area (Å²) in [6.45, 7) is 1.34. The van der Waals surface area contributed by atoms with Crippen LogP contribution in [0, 0.1) is 0 Å². The molecule has 5 heteroatoms. The fourth-order valence-electron chi connectivity index (χ4n) is 1.56. The van der Waals surface area contributed by atoms with Crippen LogP contribution in [0.3, 0.4) is 0 Å². The number of piperidine rings is 1. The fourth-order valence-corrected chi connectivity index (χ4v) is 1.56. The molecular weight excluding hydrogens is 183 g/mol. The first kappa shape index (κ1) is 9.18. The van der Waals surface area contributed by atoms with Crippen molar-refractivity contribution in [1.29, 1.82) is 0 Å². The number of nitrogens with two attached hydrogens (primary N) is 1. The minimum atomic E-state index is -0.674. The first-order valence-corrected chi connectivity index (χ1v) is 4.73. The van der Waals surface area contributed by atoms with E-state index in [2.05, 4.69) is 9.97 Å². The Morgan fingerprint density at radius 2 is 2.14 bits per heavy atom. The van der Waals surface area contributed by atoms with E-state index < -0.39 is 6.17 Å². The van der Waals surface area contributed by atoms with Gasteiger partial charge in [-0.05, 0) is 18.9 Å². The van der Waals surface area contributed by atoms with E-state index in [0.717, 1.165) is 0 Å². The molecule has 76 valence electrons. The monoisotopic (exact) mass is 196 g/mol. The Balaban J connectivity index is 2.08. The number of rotatable bonds is 1. The van der Waals surface area contributed by atoms with Crippen molar-refractivity contribution in [2.45, 2.75) is 19.0 Å². The van der Waals surface area contributed by atoms with E-state index in [4.69, 9.17) is 5.73 Å². The molecule has 0 amide bonds. The summed E-state index contributed by atoms with van der Waals surface area (Å²) in [7, 11) is 0. The molecule has 2 heterocycles. The van der Waals surface area contributed by atoms with Gasteiger partial charge in [-0.1, -0.05) is 0 Å². The second-order valence-corrected chi connectivity index (χ2v) is 3.44. The summed E-state index contributed by atoms with van der Waals surface area (Å²) in [6, 6.07) is 1.64. The molecule has 1 saturated heterocycles.